The standard InChI is InChI=1S/C41H47NO8S2/c43-51(44,33-7-3-1-4-8-33)40-38-35(39(37-31-14-13-30(28-31)36(37)38)41(40)52(45,46)34-9-5-2-6-10-34)27-29-11-15-32(16-12-29)42-17-19-47-21-23-49-25-26-50-24-22-48-20-18-42/h1-12,15-16,27,30-31,38-41H,13-14,17-26,28H2. The van der Waals surface area contributed by atoms with Crippen LogP contribution in [0, 0.1) is 23.7 Å². The smallest absolute Gasteiger partial charge is 0.183 e. The van der Waals surface area contributed by atoms with Crippen LogP contribution < -0.4 is 4.90 Å². The van der Waals surface area contributed by atoms with Gasteiger partial charge in [-0.2, -0.15) is 0 Å². The molecule has 3 aromatic carbocycles. The molecular weight excluding hydrogens is 699 g/mol. The third kappa shape index (κ3) is 6.69. The Kier molecular flexibility index (Phi) is 10.4. The van der Waals surface area contributed by atoms with Crippen molar-refractivity contribution in [3.8, 4) is 0 Å². The van der Waals surface area contributed by atoms with Crippen LogP contribution in [0.5, 0.6) is 0 Å². The highest BCUT2D eigenvalue weighted by Gasteiger charge is 2.67. The number of benzene rings is 3. The van der Waals surface area contributed by atoms with Crippen molar-refractivity contribution in [2.45, 2.75) is 39.6 Å². The van der Waals surface area contributed by atoms with Crippen LogP contribution in [0.4, 0.5) is 5.69 Å². The number of nitrogens with zero attached hydrogens (tertiary/aromatic N) is 1. The van der Waals surface area contributed by atoms with Crippen LogP contribution in [0.1, 0.15) is 24.8 Å². The summed E-state index contributed by atoms with van der Waals surface area (Å²) in [6.45, 7) is 5.59. The van der Waals surface area contributed by atoms with Crippen LogP contribution in [-0.2, 0) is 38.6 Å². The zero-order valence-electron chi connectivity index (χ0n) is 29.3. The first kappa shape index (κ1) is 35.7. The van der Waals surface area contributed by atoms with Gasteiger partial charge in [0.05, 0.1) is 73.1 Å². The number of rotatable bonds is 6. The van der Waals surface area contributed by atoms with Crippen molar-refractivity contribution in [1.29, 1.82) is 0 Å². The quantitative estimate of drug-likeness (QED) is 0.235. The van der Waals surface area contributed by atoms with Crippen molar-refractivity contribution in [1.82, 2.24) is 0 Å². The predicted octanol–water partition coefficient (Wildman–Crippen LogP) is 5.63. The molecule has 6 unspecified atom stereocenters. The van der Waals surface area contributed by atoms with Crippen molar-refractivity contribution in [2.75, 3.05) is 70.8 Å². The zero-order chi connectivity index (χ0) is 35.7. The molecule has 0 spiro atoms. The van der Waals surface area contributed by atoms with Gasteiger partial charge >= 0.3 is 0 Å². The summed E-state index contributed by atoms with van der Waals surface area (Å²) in [4.78, 5) is 2.59. The molecule has 1 saturated heterocycles. The average Bonchev–Trinajstić information content (AvgIpc) is 3.94. The minimum absolute atomic E-state index is 0.177. The third-order valence-electron chi connectivity index (χ3n) is 11.6. The van der Waals surface area contributed by atoms with Crippen molar-refractivity contribution in [2.24, 2.45) is 23.7 Å². The van der Waals surface area contributed by atoms with E-state index in [0.29, 0.717) is 77.8 Å². The summed E-state index contributed by atoms with van der Waals surface area (Å²) >= 11 is 0. The molecule has 5 aliphatic rings. The van der Waals surface area contributed by atoms with E-state index in [4.69, 9.17) is 18.9 Å². The van der Waals surface area contributed by atoms with E-state index in [2.05, 4.69) is 35.2 Å². The van der Waals surface area contributed by atoms with Gasteiger partial charge < -0.3 is 23.8 Å². The van der Waals surface area contributed by atoms with Gasteiger partial charge in [0.25, 0.3) is 0 Å². The summed E-state index contributed by atoms with van der Waals surface area (Å²) in [5, 5.41) is -2.21. The number of fused-ring (bicyclic) bond motifs is 8. The number of allylic oxidation sites excluding steroid dienone is 3. The second-order valence-electron chi connectivity index (χ2n) is 14.4. The molecule has 3 fully saturated rings. The average molecular weight is 746 g/mol. The van der Waals surface area contributed by atoms with Crippen LogP contribution in [0.2, 0.25) is 0 Å². The van der Waals surface area contributed by atoms with Crippen LogP contribution in [0.3, 0.4) is 0 Å². The van der Waals surface area contributed by atoms with E-state index >= 15 is 0 Å². The van der Waals surface area contributed by atoms with Crippen LogP contribution in [-0.4, -0.2) is 93.3 Å². The van der Waals surface area contributed by atoms with Crippen molar-refractivity contribution >= 4 is 31.4 Å². The van der Waals surface area contributed by atoms with Crippen molar-refractivity contribution in [3.63, 3.8) is 0 Å². The number of hydrogen-bond acceptors (Lipinski definition) is 9. The summed E-state index contributed by atoms with van der Waals surface area (Å²) < 4.78 is 81.9. The lowest BCUT2D eigenvalue weighted by Gasteiger charge is -2.35. The Bertz CT molecular complexity index is 1880. The van der Waals surface area contributed by atoms with Crippen LogP contribution in [0.25, 0.3) is 6.08 Å². The Labute approximate surface area is 307 Å². The van der Waals surface area contributed by atoms with Gasteiger partial charge in [0.15, 0.2) is 19.7 Å². The molecule has 0 N–H and O–H groups in total. The SMILES string of the molecule is O=S(=O)(c1ccccc1)C1C2C(=Cc3ccc(N4CCOCCOCCOCCOCC4)cc3)C(C3=C2C2CCC3C2)C1S(=O)(=O)c1ccccc1. The van der Waals surface area contributed by atoms with Crippen LogP contribution in [0.15, 0.2) is 111 Å². The Morgan fingerprint density at radius 3 is 1.40 bits per heavy atom. The fraction of sp³-hybridized carbons (Fsp3) is 0.463. The first-order chi connectivity index (χ1) is 25.4. The molecule has 8 rings (SSSR count). The summed E-state index contributed by atoms with van der Waals surface area (Å²) in [7, 11) is -8.07. The highest BCUT2D eigenvalue weighted by molar-refractivity contribution is 7.96. The summed E-state index contributed by atoms with van der Waals surface area (Å²) in [5.41, 5.74) is 5.31. The Hall–Kier alpha value is -3.32. The lowest BCUT2D eigenvalue weighted by Crippen LogP contribution is -2.45. The van der Waals surface area contributed by atoms with Gasteiger partial charge in [0.2, 0.25) is 0 Å². The third-order valence-corrected chi connectivity index (χ3v) is 16.2. The summed E-state index contributed by atoms with van der Waals surface area (Å²) in [6.07, 6.45) is 5.17. The second kappa shape index (κ2) is 15.2. The van der Waals surface area contributed by atoms with E-state index in [-0.39, 0.29) is 9.79 Å². The fourth-order valence-electron chi connectivity index (χ4n) is 9.43. The highest BCUT2D eigenvalue weighted by atomic mass is 32.2. The highest BCUT2D eigenvalue weighted by Crippen LogP contribution is 2.68. The second-order valence-corrected chi connectivity index (χ2v) is 18.6. The minimum Gasteiger partial charge on any atom is -0.377 e. The maximum atomic E-state index is 14.8. The molecule has 0 aromatic heterocycles. The lowest BCUT2D eigenvalue weighted by molar-refractivity contribution is 0.00206. The van der Waals surface area contributed by atoms with E-state index in [1.807, 2.05) is 0 Å². The molecule has 11 heteroatoms. The molecule has 276 valence electrons. The van der Waals surface area contributed by atoms with Gasteiger partial charge in [-0.1, -0.05) is 71.3 Å². The van der Waals surface area contributed by atoms with Crippen molar-refractivity contribution in [3.05, 3.63) is 107 Å². The summed E-state index contributed by atoms with van der Waals surface area (Å²) in [5.74, 6) is -0.329. The maximum absolute atomic E-state index is 14.8. The van der Waals surface area contributed by atoms with Gasteiger partial charge in [-0.3, -0.25) is 0 Å². The van der Waals surface area contributed by atoms with Crippen LogP contribution >= 0.6 is 0 Å². The molecule has 9 nitrogen and oxygen atoms in total. The van der Waals surface area contributed by atoms with Crippen molar-refractivity contribution < 1.29 is 35.8 Å². The minimum atomic E-state index is -4.04. The van der Waals surface area contributed by atoms with Gasteiger partial charge in [-0.25, -0.2) is 16.8 Å². The molecule has 2 saturated carbocycles. The molecule has 3 aromatic rings. The van der Waals surface area contributed by atoms with E-state index < -0.39 is 42.0 Å². The Balaban J connectivity index is 1.15. The summed E-state index contributed by atoms with van der Waals surface area (Å²) in [6, 6.07) is 25.1. The molecule has 52 heavy (non-hydrogen) atoms. The van der Waals surface area contributed by atoms with Gasteiger partial charge in [0.1, 0.15) is 0 Å². The first-order valence-corrected chi connectivity index (χ1v) is 21.6. The molecule has 1 heterocycles. The molecular formula is C41H47NO8S2. The molecule has 6 atom stereocenters. The number of hydrogen-bond donors (Lipinski definition) is 0. The first-order valence-electron chi connectivity index (χ1n) is 18.5. The van der Waals surface area contributed by atoms with E-state index in [0.717, 1.165) is 36.1 Å². The van der Waals surface area contributed by atoms with E-state index in [1.54, 1.807) is 60.7 Å². The normalized spacial score (nSPS) is 28.8. The van der Waals surface area contributed by atoms with E-state index in [1.165, 1.54) is 11.1 Å². The predicted molar refractivity (Wildman–Crippen MR) is 200 cm³/mol. The largest absolute Gasteiger partial charge is 0.377 e. The molecule has 4 aliphatic carbocycles. The zero-order valence-corrected chi connectivity index (χ0v) is 31.0. The topological polar surface area (TPSA) is 108 Å². The number of sulfone groups is 2. The van der Waals surface area contributed by atoms with Gasteiger partial charge in [-0.15, -0.1) is 0 Å². The maximum Gasteiger partial charge on any atom is 0.183 e. The van der Waals surface area contributed by atoms with E-state index in [9.17, 15) is 16.8 Å². The van der Waals surface area contributed by atoms with Gasteiger partial charge in [-0.05, 0) is 73.1 Å². The molecule has 4 bridgehead atoms. The Morgan fingerprint density at radius 2 is 0.962 bits per heavy atom. The lowest BCUT2D eigenvalue weighted by atomic mass is 9.82. The molecule has 0 amide bonds. The Morgan fingerprint density at radius 1 is 0.538 bits per heavy atom. The van der Waals surface area contributed by atoms with Gasteiger partial charge in [0, 0.05) is 30.6 Å². The fourth-order valence-corrected chi connectivity index (χ4v) is 14.4. The monoisotopic (exact) mass is 745 g/mol. The number of anilines is 1. The number of ether oxygens (including phenoxy) is 4. The molecule has 0 radical (unpaired) electrons. The molecule has 1 aliphatic heterocycles.